The Labute approximate surface area is 209 Å². The molecule has 0 aliphatic carbocycles. The summed E-state index contributed by atoms with van der Waals surface area (Å²) in [6, 6.07) is 19.3. The quantitative estimate of drug-likeness (QED) is 0.455. The Morgan fingerprint density at radius 2 is 1.56 bits per heavy atom. The molecule has 9 nitrogen and oxygen atoms in total. The topological polar surface area (TPSA) is 97.4 Å². The van der Waals surface area contributed by atoms with Crippen molar-refractivity contribution >= 4 is 29.2 Å². The molecule has 1 aliphatic rings. The highest BCUT2D eigenvalue weighted by atomic mass is 16.5. The van der Waals surface area contributed by atoms with E-state index in [-0.39, 0.29) is 13.0 Å². The number of ether oxygens (including phenoxy) is 3. The van der Waals surface area contributed by atoms with E-state index in [1.165, 1.54) is 19.1 Å². The van der Waals surface area contributed by atoms with Gasteiger partial charge < -0.3 is 24.4 Å². The van der Waals surface area contributed by atoms with E-state index in [0.29, 0.717) is 28.6 Å². The monoisotopic (exact) mass is 489 g/mol. The van der Waals surface area contributed by atoms with Crippen LogP contribution in [-0.2, 0) is 16.1 Å². The summed E-state index contributed by atoms with van der Waals surface area (Å²) < 4.78 is 15.8. The van der Waals surface area contributed by atoms with Crippen molar-refractivity contribution in [2.45, 2.75) is 19.0 Å². The molecular formula is C27H27N3O6. The van der Waals surface area contributed by atoms with Crippen molar-refractivity contribution in [3.8, 4) is 17.2 Å². The molecule has 1 N–H and O–H groups in total. The fourth-order valence-corrected chi connectivity index (χ4v) is 4.07. The molecule has 0 spiro atoms. The van der Waals surface area contributed by atoms with Crippen LogP contribution in [0.4, 0.5) is 16.2 Å². The van der Waals surface area contributed by atoms with Crippen molar-refractivity contribution in [2.24, 2.45) is 0 Å². The van der Waals surface area contributed by atoms with Gasteiger partial charge in [-0.2, -0.15) is 0 Å². The van der Waals surface area contributed by atoms with Crippen molar-refractivity contribution in [2.75, 3.05) is 31.5 Å². The minimum atomic E-state index is -0.982. The van der Waals surface area contributed by atoms with Gasteiger partial charge in [0.15, 0.2) is 11.5 Å². The predicted molar refractivity (Wildman–Crippen MR) is 134 cm³/mol. The molecule has 4 amide bonds. The van der Waals surface area contributed by atoms with Gasteiger partial charge in [0.25, 0.3) is 5.91 Å². The van der Waals surface area contributed by atoms with Gasteiger partial charge >= 0.3 is 6.03 Å². The second-order valence-electron chi connectivity index (χ2n) is 8.11. The zero-order valence-corrected chi connectivity index (χ0v) is 20.3. The van der Waals surface area contributed by atoms with E-state index in [0.717, 1.165) is 10.5 Å². The molecule has 1 fully saturated rings. The Kier molecular flexibility index (Phi) is 7.39. The smallest absolute Gasteiger partial charge is 0.332 e. The van der Waals surface area contributed by atoms with E-state index >= 15 is 0 Å². The minimum Gasteiger partial charge on any atom is -0.497 e. The Bertz CT molecular complexity index is 1250. The summed E-state index contributed by atoms with van der Waals surface area (Å²) in [6.07, 6.45) is -0.201. The number of urea groups is 1. The standard InChI is InChI=1S/C27H27N3O6/c1-34-21-12-10-19(11-13-21)28-25(31)16-22-26(32)30(20-7-5-4-6-8-20)27(33)29(22)17-18-9-14-23(35-2)24(15-18)36-3/h4-15,22H,16-17H2,1-3H3,(H,28,31). The lowest BCUT2D eigenvalue weighted by atomic mass is 10.1. The third kappa shape index (κ3) is 5.10. The molecule has 36 heavy (non-hydrogen) atoms. The van der Waals surface area contributed by atoms with E-state index in [1.807, 2.05) is 0 Å². The van der Waals surface area contributed by atoms with Crippen molar-refractivity contribution in [3.63, 3.8) is 0 Å². The number of carbonyl (C=O) groups is 3. The molecule has 186 valence electrons. The third-order valence-electron chi connectivity index (χ3n) is 5.89. The van der Waals surface area contributed by atoms with Gasteiger partial charge in [-0.3, -0.25) is 9.59 Å². The van der Waals surface area contributed by atoms with Gasteiger partial charge in [0.05, 0.1) is 33.4 Å². The molecule has 0 aromatic heterocycles. The number of hydrogen-bond acceptors (Lipinski definition) is 6. The SMILES string of the molecule is COc1ccc(NC(=O)CC2C(=O)N(c3ccccc3)C(=O)N2Cc2ccc(OC)c(OC)c2)cc1. The van der Waals surface area contributed by atoms with Crippen molar-refractivity contribution in [1.29, 1.82) is 0 Å². The summed E-state index contributed by atoms with van der Waals surface area (Å²) in [5.74, 6) is 0.854. The van der Waals surface area contributed by atoms with Crippen molar-refractivity contribution in [1.82, 2.24) is 4.90 Å². The van der Waals surface area contributed by atoms with E-state index < -0.39 is 23.9 Å². The highest BCUT2D eigenvalue weighted by Crippen LogP contribution is 2.32. The van der Waals surface area contributed by atoms with Gasteiger partial charge in [-0.25, -0.2) is 9.69 Å². The first-order chi connectivity index (χ1) is 17.4. The lowest BCUT2D eigenvalue weighted by Gasteiger charge is -2.22. The maximum atomic E-state index is 13.4. The molecular weight excluding hydrogens is 462 g/mol. The first kappa shape index (κ1) is 24.6. The molecule has 0 radical (unpaired) electrons. The fraction of sp³-hybridized carbons (Fsp3) is 0.222. The minimum absolute atomic E-state index is 0.106. The Balaban J connectivity index is 1.60. The highest BCUT2D eigenvalue weighted by Gasteiger charge is 2.46. The maximum Gasteiger partial charge on any atom is 0.332 e. The first-order valence-electron chi connectivity index (χ1n) is 11.3. The lowest BCUT2D eigenvalue weighted by molar-refractivity contribution is -0.124. The summed E-state index contributed by atoms with van der Waals surface area (Å²) in [5, 5.41) is 2.79. The van der Waals surface area contributed by atoms with Crippen LogP contribution in [0.15, 0.2) is 72.8 Å². The van der Waals surface area contributed by atoms with Gasteiger partial charge in [-0.1, -0.05) is 24.3 Å². The molecule has 1 aliphatic heterocycles. The summed E-state index contributed by atoms with van der Waals surface area (Å²) in [6.45, 7) is 0.106. The van der Waals surface area contributed by atoms with E-state index in [9.17, 15) is 14.4 Å². The largest absolute Gasteiger partial charge is 0.497 e. The van der Waals surface area contributed by atoms with Crippen LogP contribution in [0.5, 0.6) is 17.2 Å². The molecule has 1 atom stereocenters. The molecule has 3 aromatic carbocycles. The van der Waals surface area contributed by atoms with E-state index in [1.54, 1.807) is 79.9 Å². The van der Waals surface area contributed by atoms with Crippen LogP contribution < -0.4 is 24.4 Å². The normalized spacial score (nSPS) is 15.1. The average Bonchev–Trinajstić information content (AvgIpc) is 3.13. The fourth-order valence-electron chi connectivity index (χ4n) is 4.07. The average molecular weight is 490 g/mol. The molecule has 0 saturated carbocycles. The zero-order valence-electron chi connectivity index (χ0n) is 20.3. The number of amides is 4. The summed E-state index contributed by atoms with van der Waals surface area (Å²) >= 11 is 0. The highest BCUT2D eigenvalue weighted by molar-refractivity contribution is 6.22. The third-order valence-corrected chi connectivity index (χ3v) is 5.89. The second kappa shape index (κ2) is 10.8. The van der Waals surface area contributed by atoms with Crippen LogP contribution in [-0.4, -0.2) is 50.1 Å². The Morgan fingerprint density at radius 1 is 0.861 bits per heavy atom. The molecule has 0 bridgehead atoms. The number of para-hydroxylation sites is 1. The second-order valence-corrected chi connectivity index (χ2v) is 8.11. The van der Waals surface area contributed by atoms with Crippen LogP contribution in [0.3, 0.4) is 0 Å². The van der Waals surface area contributed by atoms with Crippen LogP contribution in [0.2, 0.25) is 0 Å². The number of anilines is 2. The van der Waals surface area contributed by atoms with Crippen LogP contribution in [0.25, 0.3) is 0 Å². The summed E-state index contributed by atoms with van der Waals surface area (Å²) in [5.41, 5.74) is 1.73. The van der Waals surface area contributed by atoms with E-state index in [4.69, 9.17) is 14.2 Å². The number of nitrogens with one attached hydrogen (secondary N) is 1. The van der Waals surface area contributed by atoms with Crippen LogP contribution in [0.1, 0.15) is 12.0 Å². The Hall–Kier alpha value is -4.53. The van der Waals surface area contributed by atoms with Crippen molar-refractivity contribution < 1.29 is 28.6 Å². The summed E-state index contributed by atoms with van der Waals surface area (Å²) in [4.78, 5) is 42.3. The van der Waals surface area contributed by atoms with Gasteiger partial charge in [-0.05, 0) is 54.1 Å². The summed E-state index contributed by atoms with van der Waals surface area (Å²) in [7, 11) is 4.62. The zero-order chi connectivity index (χ0) is 25.7. The maximum absolute atomic E-state index is 13.4. The molecule has 1 heterocycles. The molecule has 3 aromatic rings. The lowest BCUT2D eigenvalue weighted by Crippen LogP contribution is -2.37. The van der Waals surface area contributed by atoms with Gasteiger partial charge in [0, 0.05) is 12.2 Å². The number of nitrogens with zero attached hydrogens (tertiary/aromatic N) is 2. The molecule has 1 unspecified atom stereocenters. The number of imide groups is 1. The van der Waals surface area contributed by atoms with Crippen LogP contribution >= 0.6 is 0 Å². The van der Waals surface area contributed by atoms with Crippen molar-refractivity contribution in [3.05, 3.63) is 78.4 Å². The molecule has 1 saturated heterocycles. The number of hydrogen-bond donors (Lipinski definition) is 1. The predicted octanol–water partition coefficient (Wildman–Crippen LogP) is 4.08. The van der Waals surface area contributed by atoms with Gasteiger partial charge in [0.1, 0.15) is 11.8 Å². The number of carbonyl (C=O) groups excluding carboxylic acids is 3. The van der Waals surface area contributed by atoms with Gasteiger partial charge in [-0.15, -0.1) is 0 Å². The van der Waals surface area contributed by atoms with E-state index in [2.05, 4.69) is 5.32 Å². The van der Waals surface area contributed by atoms with Gasteiger partial charge in [0.2, 0.25) is 5.91 Å². The molecule has 4 rings (SSSR count). The number of benzene rings is 3. The number of rotatable bonds is 9. The van der Waals surface area contributed by atoms with Crippen LogP contribution in [0, 0.1) is 0 Å². The Morgan fingerprint density at radius 3 is 2.19 bits per heavy atom. The molecule has 9 heteroatoms. The first-order valence-corrected chi connectivity index (χ1v) is 11.3. The number of methoxy groups -OCH3 is 3.